The molecule has 0 saturated carbocycles. The summed E-state index contributed by atoms with van der Waals surface area (Å²) in [5, 5.41) is 7.00. The highest BCUT2D eigenvalue weighted by atomic mass is 32.1. The minimum absolute atomic E-state index is 0.659. The summed E-state index contributed by atoms with van der Waals surface area (Å²) in [7, 11) is 0. The molecule has 0 unspecified atom stereocenters. The number of hydrogen-bond acceptors (Lipinski definition) is 4. The lowest BCUT2D eigenvalue weighted by Crippen LogP contribution is -2.01. The van der Waals surface area contributed by atoms with Crippen LogP contribution >= 0.6 is 11.3 Å². The first-order valence-electron chi connectivity index (χ1n) is 15.0. The summed E-state index contributed by atoms with van der Waals surface area (Å²) in [6, 6.07) is 53.3. The molecular formula is C41H25N3S. The van der Waals surface area contributed by atoms with Crippen LogP contribution in [0, 0.1) is 0 Å². The monoisotopic (exact) mass is 591 g/mol. The van der Waals surface area contributed by atoms with Crippen molar-refractivity contribution in [1.82, 2.24) is 15.0 Å². The molecular weight excluding hydrogens is 567 g/mol. The quantitative estimate of drug-likeness (QED) is 0.204. The first kappa shape index (κ1) is 25.8. The second-order valence-corrected chi connectivity index (χ2v) is 12.3. The minimum atomic E-state index is 0.659. The Morgan fingerprint density at radius 3 is 1.87 bits per heavy atom. The van der Waals surface area contributed by atoms with Crippen LogP contribution in [0.4, 0.5) is 0 Å². The van der Waals surface area contributed by atoms with Crippen LogP contribution in [-0.4, -0.2) is 15.0 Å². The van der Waals surface area contributed by atoms with Gasteiger partial charge in [0.25, 0.3) is 0 Å². The zero-order chi connectivity index (χ0) is 29.7. The molecule has 0 spiro atoms. The van der Waals surface area contributed by atoms with Gasteiger partial charge in [0.2, 0.25) is 0 Å². The Labute approximate surface area is 264 Å². The molecule has 0 saturated heterocycles. The minimum Gasteiger partial charge on any atom is -0.208 e. The van der Waals surface area contributed by atoms with Crippen molar-refractivity contribution in [3.63, 3.8) is 0 Å². The van der Waals surface area contributed by atoms with E-state index in [0.29, 0.717) is 17.5 Å². The van der Waals surface area contributed by atoms with E-state index in [4.69, 9.17) is 15.0 Å². The van der Waals surface area contributed by atoms with Gasteiger partial charge in [0.15, 0.2) is 17.5 Å². The van der Waals surface area contributed by atoms with Crippen molar-refractivity contribution >= 4 is 53.1 Å². The molecule has 0 aliphatic carbocycles. The van der Waals surface area contributed by atoms with E-state index in [2.05, 4.69) is 146 Å². The molecule has 9 aromatic rings. The summed E-state index contributed by atoms with van der Waals surface area (Å²) in [4.78, 5) is 15.7. The molecule has 9 rings (SSSR count). The lowest BCUT2D eigenvalue weighted by atomic mass is 9.96. The van der Waals surface area contributed by atoms with Gasteiger partial charge < -0.3 is 0 Å². The summed E-state index contributed by atoms with van der Waals surface area (Å²) in [5.74, 6) is 1.99. The molecule has 2 aromatic heterocycles. The van der Waals surface area contributed by atoms with Gasteiger partial charge in [-0.1, -0.05) is 121 Å². The summed E-state index contributed by atoms with van der Waals surface area (Å²) >= 11 is 1.80. The number of hydrogen-bond donors (Lipinski definition) is 0. The lowest BCUT2D eigenvalue weighted by Gasteiger charge is -2.13. The van der Waals surface area contributed by atoms with Crippen LogP contribution in [0.2, 0.25) is 0 Å². The number of nitrogens with zero attached hydrogens (tertiary/aromatic N) is 3. The van der Waals surface area contributed by atoms with Gasteiger partial charge in [-0.25, -0.2) is 15.0 Å². The molecule has 3 nitrogen and oxygen atoms in total. The molecule has 7 aromatic carbocycles. The topological polar surface area (TPSA) is 38.7 Å². The van der Waals surface area contributed by atoms with E-state index in [1.807, 2.05) is 6.07 Å². The smallest absolute Gasteiger partial charge is 0.164 e. The number of rotatable bonds is 4. The SMILES string of the molecule is c1ccc(-c2cc(-c3nc(-c4ccc5ccccc5c4)nc(-c4cccc5sc6ccccc6c45)n3)c3ccccc3c2)cc1. The third-order valence-electron chi connectivity index (χ3n) is 8.50. The zero-order valence-electron chi connectivity index (χ0n) is 24.2. The van der Waals surface area contributed by atoms with Gasteiger partial charge in [-0.15, -0.1) is 11.3 Å². The Hall–Kier alpha value is -5.71. The molecule has 0 fully saturated rings. The van der Waals surface area contributed by atoms with Crippen LogP contribution in [-0.2, 0) is 0 Å². The Morgan fingerprint density at radius 2 is 1.00 bits per heavy atom. The van der Waals surface area contributed by atoms with Crippen molar-refractivity contribution in [3.05, 3.63) is 152 Å². The highest BCUT2D eigenvalue weighted by Gasteiger charge is 2.19. The van der Waals surface area contributed by atoms with Crippen molar-refractivity contribution in [1.29, 1.82) is 0 Å². The largest absolute Gasteiger partial charge is 0.208 e. The van der Waals surface area contributed by atoms with Crippen molar-refractivity contribution in [2.75, 3.05) is 0 Å². The van der Waals surface area contributed by atoms with Crippen molar-refractivity contribution in [2.24, 2.45) is 0 Å². The molecule has 45 heavy (non-hydrogen) atoms. The van der Waals surface area contributed by atoms with E-state index in [1.54, 1.807) is 11.3 Å². The maximum Gasteiger partial charge on any atom is 0.164 e. The van der Waals surface area contributed by atoms with Crippen molar-refractivity contribution in [3.8, 4) is 45.3 Å². The second-order valence-electron chi connectivity index (χ2n) is 11.3. The van der Waals surface area contributed by atoms with E-state index in [0.717, 1.165) is 44.0 Å². The Kier molecular flexibility index (Phi) is 6.00. The van der Waals surface area contributed by atoms with Crippen LogP contribution in [0.25, 0.3) is 87.0 Å². The predicted octanol–water partition coefficient (Wildman–Crippen LogP) is 11.2. The van der Waals surface area contributed by atoms with Crippen molar-refractivity contribution in [2.45, 2.75) is 0 Å². The van der Waals surface area contributed by atoms with Gasteiger partial charge in [-0.05, 0) is 63.0 Å². The predicted molar refractivity (Wildman–Crippen MR) is 189 cm³/mol. The fourth-order valence-electron chi connectivity index (χ4n) is 6.33. The molecule has 0 atom stereocenters. The maximum absolute atomic E-state index is 5.27. The van der Waals surface area contributed by atoms with Crippen LogP contribution in [0.3, 0.4) is 0 Å². The fourth-order valence-corrected chi connectivity index (χ4v) is 7.46. The van der Waals surface area contributed by atoms with Gasteiger partial charge >= 0.3 is 0 Å². The molecule has 0 aliphatic heterocycles. The lowest BCUT2D eigenvalue weighted by molar-refractivity contribution is 1.08. The standard InChI is InChI=1S/C41H25N3S/c1-2-11-26(12-3-1)31-24-29-15-6-7-16-32(29)35(25-31)41-43-39(30-22-21-27-13-4-5-14-28(27)23-30)42-40(44-41)34-18-10-20-37-38(34)33-17-8-9-19-36(33)45-37/h1-25H. The van der Waals surface area contributed by atoms with Gasteiger partial charge in [0.1, 0.15) is 0 Å². The molecule has 2 heterocycles. The van der Waals surface area contributed by atoms with E-state index in [1.165, 1.54) is 25.6 Å². The number of fused-ring (bicyclic) bond motifs is 5. The Bertz CT molecular complexity index is 2550. The molecule has 0 N–H and O–H groups in total. The van der Waals surface area contributed by atoms with Crippen LogP contribution in [0.1, 0.15) is 0 Å². The normalized spacial score (nSPS) is 11.6. The average Bonchev–Trinajstić information content (AvgIpc) is 3.50. The Balaban J connectivity index is 1.35. The van der Waals surface area contributed by atoms with Gasteiger partial charge in [-0.2, -0.15) is 0 Å². The average molecular weight is 592 g/mol. The summed E-state index contributed by atoms with van der Waals surface area (Å²) in [6.07, 6.45) is 0. The second kappa shape index (κ2) is 10.5. The van der Waals surface area contributed by atoms with Crippen molar-refractivity contribution < 1.29 is 0 Å². The molecule has 0 amide bonds. The van der Waals surface area contributed by atoms with Gasteiger partial charge in [0.05, 0.1) is 0 Å². The van der Waals surface area contributed by atoms with Gasteiger partial charge in [-0.3, -0.25) is 0 Å². The number of aromatic nitrogens is 3. The maximum atomic E-state index is 5.27. The fraction of sp³-hybridized carbons (Fsp3) is 0. The summed E-state index contributed by atoms with van der Waals surface area (Å²) in [5.41, 5.74) is 5.25. The van der Waals surface area contributed by atoms with E-state index in [9.17, 15) is 0 Å². The first-order valence-corrected chi connectivity index (χ1v) is 15.8. The van der Waals surface area contributed by atoms with E-state index < -0.39 is 0 Å². The molecule has 0 aliphatic rings. The number of benzene rings is 7. The molecule has 0 radical (unpaired) electrons. The van der Waals surface area contributed by atoms with Crippen LogP contribution in [0.5, 0.6) is 0 Å². The highest BCUT2D eigenvalue weighted by Crippen LogP contribution is 2.40. The third kappa shape index (κ3) is 4.46. The molecule has 210 valence electrons. The van der Waals surface area contributed by atoms with Crippen LogP contribution < -0.4 is 0 Å². The molecule has 4 heteroatoms. The summed E-state index contributed by atoms with van der Waals surface area (Å²) in [6.45, 7) is 0. The molecule has 0 bridgehead atoms. The van der Waals surface area contributed by atoms with E-state index >= 15 is 0 Å². The number of thiophene rings is 1. The summed E-state index contributed by atoms with van der Waals surface area (Å²) < 4.78 is 2.48. The third-order valence-corrected chi connectivity index (χ3v) is 9.63. The Morgan fingerprint density at radius 1 is 0.356 bits per heavy atom. The van der Waals surface area contributed by atoms with E-state index in [-0.39, 0.29) is 0 Å². The van der Waals surface area contributed by atoms with Gasteiger partial charge in [0, 0.05) is 36.9 Å². The van der Waals surface area contributed by atoms with Crippen LogP contribution in [0.15, 0.2) is 152 Å². The zero-order valence-corrected chi connectivity index (χ0v) is 25.0. The first-order chi connectivity index (χ1) is 22.3. The highest BCUT2D eigenvalue weighted by molar-refractivity contribution is 7.25.